The minimum absolute atomic E-state index is 0.0555. The molecule has 190 valence electrons. The SMILES string of the molecule is Cc1ccc(C(C(=O)NCc2ccccc2)N(Cc2ccc(F)cc2)C(=O)c2snc(C(N)=O)c2N)o1. The highest BCUT2D eigenvalue weighted by atomic mass is 32.1. The summed E-state index contributed by atoms with van der Waals surface area (Å²) < 4.78 is 23.3. The van der Waals surface area contributed by atoms with Gasteiger partial charge in [-0.05, 0) is 53.8 Å². The van der Waals surface area contributed by atoms with Crippen LogP contribution in [0.2, 0.25) is 0 Å². The van der Waals surface area contributed by atoms with Gasteiger partial charge in [-0.3, -0.25) is 14.4 Å². The lowest BCUT2D eigenvalue weighted by Gasteiger charge is -2.29. The summed E-state index contributed by atoms with van der Waals surface area (Å²) in [6.07, 6.45) is 0. The molecule has 1 unspecified atom stereocenters. The maximum Gasteiger partial charge on any atom is 0.270 e. The maximum atomic E-state index is 13.8. The number of primary amides is 1. The topological polar surface area (TPSA) is 145 Å². The van der Waals surface area contributed by atoms with Gasteiger partial charge in [-0.2, -0.15) is 4.37 Å². The second kappa shape index (κ2) is 11.0. The second-order valence-electron chi connectivity index (χ2n) is 8.25. The van der Waals surface area contributed by atoms with Crippen LogP contribution in [0.25, 0.3) is 0 Å². The fourth-order valence-electron chi connectivity index (χ4n) is 3.73. The highest BCUT2D eigenvalue weighted by Crippen LogP contribution is 2.31. The summed E-state index contributed by atoms with van der Waals surface area (Å²) in [6, 6.07) is 16.9. The van der Waals surface area contributed by atoms with Gasteiger partial charge in [-0.1, -0.05) is 42.5 Å². The third-order valence-corrected chi connectivity index (χ3v) is 6.43. The standard InChI is InChI=1S/C26H24FN5O4S/c1-15-7-12-19(36-15)22(25(34)30-13-16-5-3-2-4-6-16)32(14-17-8-10-18(27)11-9-17)26(35)23-20(28)21(24(29)33)31-37-23/h2-12,22H,13-14,28H2,1H3,(H2,29,33)(H,30,34). The minimum atomic E-state index is -1.21. The number of hydrogen-bond donors (Lipinski definition) is 3. The number of nitrogens with one attached hydrogen (secondary N) is 1. The maximum absolute atomic E-state index is 13.8. The van der Waals surface area contributed by atoms with Crippen LogP contribution in [0, 0.1) is 12.7 Å². The molecule has 0 aliphatic heterocycles. The Morgan fingerprint density at radius 1 is 1.05 bits per heavy atom. The van der Waals surface area contributed by atoms with Crippen LogP contribution in [0.1, 0.15) is 48.8 Å². The van der Waals surface area contributed by atoms with Gasteiger partial charge < -0.3 is 26.1 Å². The van der Waals surface area contributed by atoms with Crippen LogP contribution in [-0.4, -0.2) is 27.0 Å². The van der Waals surface area contributed by atoms with E-state index in [-0.39, 0.29) is 35.1 Å². The largest absolute Gasteiger partial charge is 0.464 e. The van der Waals surface area contributed by atoms with Crippen molar-refractivity contribution in [3.8, 4) is 0 Å². The molecule has 2 heterocycles. The minimum Gasteiger partial charge on any atom is -0.464 e. The summed E-state index contributed by atoms with van der Waals surface area (Å²) in [4.78, 5) is 40.3. The number of carbonyl (C=O) groups excluding carboxylic acids is 3. The van der Waals surface area contributed by atoms with Crippen LogP contribution in [0.4, 0.5) is 10.1 Å². The van der Waals surface area contributed by atoms with Crippen molar-refractivity contribution in [2.45, 2.75) is 26.1 Å². The molecule has 2 aromatic heterocycles. The van der Waals surface area contributed by atoms with E-state index in [4.69, 9.17) is 15.9 Å². The van der Waals surface area contributed by atoms with E-state index in [0.717, 1.165) is 5.56 Å². The molecule has 37 heavy (non-hydrogen) atoms. The number of aryl methyl sites for hydroxylation is 1. The highest BCUT2D eigenvalue weighted by molar-refractivity contribution is 7.09. The first kappa shape index (κ1) is 25.6. The van der Waals surface area contributed by atoms with Crippen molar-refractivity contribution in [3.63, 3.8) is 0 Å². The molecule has 9 nitrogen and oxygen atoms in total. The van der Waals surface area contributed by atoms with Gasteiger partial charge in [0, 0.05) is 13.1 Å². The van der Waals surface area contributed by atoms with Crippen LogP contribution < -0.4 is 16.8 Å². The molecule has 3 amide bonds. The molecule has 0 saturated heterocycles. The molecule has 0 fully saturated rings. The second-order valence-corrected chi connectivity index (χ2v) is 9.03. The van der Waals surface area contributed by atoms with Crippen molar-refractivity contribution < 1.29 is 23.2 Å². The summed E-state index contributed by atoms with van der Waals surface area (Å²) >= 11 is 0.704. The van der Waals surface area contributed by atoms with Crippen molar-refractivity contribution >= 4 is 34.9 Å². The Labute approximate surface area is 216 Å². The average molecular weight is 522 g/mol. The molecule has 11 heteroatoms. The molecule has 5 N–H and O–H groups in total. The fraction of sp³-hybridized carbons (Fsp3) is 0.154. The molecule has 4 aromatic rings. The zero-order chi connectivity index (χ0) is 26.5. The smallest absolute Gasteiger partial charge is 0.270 e. The first-order valence-electron chi connectivity index (χ1n) is 11.2. The lowest BCUT2D eigenvalue weighted by molar-refractivity contribution is -0.126. The van der Waals surface area contributed by atoms with E-state index in [0.29, 0.717) is 22.9 Å². The molecular formula is C26H24FN5O4S. The molecular weight excluding hydrogens is 497 g/mol. The Morgan fingerprint density at radius 3 is 2.35 bits per heavy atom. The van der Waals surface area contributed by atoms with Crippen molar-refractivity contribution in [1.82, 2.24) is 14.6 Å². The number of rotatable bonds is 9. The average Bonchev–Trinajstić information content (AvgIpc) is 3.49. The molecule has 0 saturated carbocycles. The van der Waals surface area contributed by atoms with Gasteiger partial charge in [0.25, 0.3) is 17.7 Å². The number of nitrogen functional groups attached to an aromatic ring is 1. The van der Waals surface area contributed by atoms with Gasteiger partial charge in [-0.25, -0.2) is 4.39 Å². The molecule has 0 radical (unpaired) electrons. The predicted octanol–water partition coefficient (Wildman–Crippen LogP) is 3.56. The van der Waals surface area contributed by atoms with E-state index >= 15 is 0 Å². The zero-order valence-electron chi connectivity index (χ0n) is 19.8. The van der Waals surface area contributed by atoms with E-state index in [9.17, 15) is 18.8 Å². The lowest BCUT2D eigenvalue weighted by Crippen LogP contribution is -2.43. The van der Waals surface area contributed by atoms with Gasteiger partial charge in [0.15, 0.2) is 11.7 Å². The van der Waals surface area contributed by atoms with Crippen LogP contribution in [-0.2, 0) is 17.9 Å². The van der Waals surface area contributed by atoms with Gasteiger partial charge >= 0.3 is 0 Å². The molecule has 2 aromatic carbocycles. The number of hydrogen-bond acceptors (Lipinski definition) is 7. The van der Waals surface area contributed by atoms with Crippen LogP contribution >= 0.6 is 11.5 Å². The Hall–Kier alpha value is -4.51. The predicted molar refractivity (Wildman–Crippen MR) is 136 cm³/mol. The molecule has 0 aliphatic carbocycles. The van der Waals surface area contributed by atoms with E-state index in [1.807, 2.05) is 30.3 Å². The number of aromatic nitrogens is 1. The normalized spacial score (nSPS) is 11.6. The van der Waals surface area contributed by atoms with Crippen LogP contribution in [0.5, 0.6) is 0 Å². The monoisotopic (exact) mass is 521 g/mol. The number of benzene rings is 2. The lowest BCUT2D eigenvalue weighted by atomic mass is 10.1. The summed E-state index contributed by atoms with van der Waals surface area (Å²) in [6.45, 7) is 1.84. The fourth-order valence-corrected chi connectivity index (χ4v) is 4.49. The van der Waals surface area contributed by atoms with E-state index in [1.54, 1.807) is 19.1 Å². The van der Waals surface area contributed by atoms with E-state index in [2.05, 4.69) is 9.69 Å². The highest BCUT2D eigenvalue weighted by Gasteiger charge is 2.36. The van der Waals surface area contributed by atoms with Crippen LogP contribution in [0.15, 0.2) is 71.1 Å². The van der Waals surface area contributed by atoms with Gasteiger partial charge in [0.05, 0.1) is 5.69 Å². The number of amides is 3. The Morgan fingerprint density at radius 2 is 1.76 bits per heavy atom. The molecule has 0 spiro atoms. The van der Waals surface area contributed by atoms with Crippen molar-refractivity contribution in [2.75, 3.05) is 5.73 Å². The summed E-state index contributed by atoms with van der Waals surface area (Å²) in [5.41, 5.74) is 12.4. The number of nitrogens with zero attached hydrogens (tertiary/aromatic N) is 2. The number of anilines is 1. The third kappa shape index (κ3) is 5.84. The Bertz CT molecular complexity index is 1420. The first-order chi connectivity index (χ1) is 17.7. The quantitative estimate of drug-likeness (QED) is 0.307. The summed E-state index contributed by atoms with van der Waals surface area (Å²) in [5, 5.41) is 2.86. The van der Waals surface area contributed by atoms with E-state index in [1.165, 1.54) is 29.2 Å². The molecule has 1 atom stereocenters. The summed E-state index contributed by atoms with van der Waals surface area (Å²) in [5.74, 6) is -1.74. The number of carbonyl (C=O) groups is 3. The summed E-state index contributed by atoms with van der Waals surface area (Å²) in [7, 11) is 0. The third-order valence-electron chi connectivity index (χ3n) is 5.58. The van der Waals surface area contributed by atoms with Crippen molar-refractivity contribution in [3.05, 3.63) is 106 Å². The first-order valence-corrected chi connectivity index (χ1v) is 12.0. The molecule has 0 bridgehead atoms. The van der Waals surface area contributed by atoms with Gasteiger partial charge in [-0.15, -0.1) is 0 Å². The van der Waals surface area contributed by atoms with Crippen molar-refractivity contribution in [1.29, 1.82) is 0 Å². The number of furan rings is 1. The number of halogens is 1. The number of nitrogens with two attached hydrogens (primary N) is 2. The van der Waals surface area contributed by atoms with Crippen molar-refractivity contribution in [2.24, 2.45) is 5.73 Å². The van der Waals surface area contributed by atoms with Crippen LogP contribution in [0.3, 0.4) is 0 Å². The molecule has 0 aliphatic rings. The Balaban J connectivity index is 1.75. The van der Waals surface area contributed by atoms with Gasteiger partial charge in [0.2, 0.25) is 0 Å². The van der Waals surface area contributed by atoms with E-state index < -0.39 is 29.6 Å². The molecule has 4 rings (SSSR count). The Kier molecular flexibility index (Phi) is 7.63. The van der Waals surface area contributed by atoms with Gasteiger partial charge in [0.1, 0.15) is 22.2 Å². The zero-order valence-corrected chi connectivity index (χ0v) is 20.6.